The van der Waals surface area contributed by atoms with E-state index in [1.165, 1.54) is 42.5 Å². The van der Waals surface area contributed by atoms with Crippen molar-refractivity contribution in [1.82, 2.24) is 5.32 Å². The number of para-hydroxylation sites is 1. The van der Waals surface area contributed by atoms with Crippen molar-refractivity contribution in [3.63, 3.8) is 0 Å². The van der Waals surface area contributed by atoms with Crippen LogP contribution in [-0.2, 0) is 10.0 Å². The van der Waals surface area contributed by atoms with Crippen LogP contribution in [0.25, 0.3) is 0 Å². The molecule has 0 bridgehead atoms. The van der Waals surface area contributed by atoms with Gasteiger partial charge in [0.1, 0.15) is 5.82 Å². The first-order valence-corrected chi connectivity index (χ1v) is 10.2. The molecule has 0 heterocycles. The molecule has 2 aromatic carbocycles. The molecule has 9 heteroatoms. The van der Waals surface area contributed by atoms with Crippen molar-refractivity contribution in [2.45, 2.75) is 37.1 Å². The van der Waals surface area contributed by atoms with E-state index < -0.39 is 21.7 Å². The highest BCUT2D eigenvalue weighted by Gasteiger charge is 2.19. The normalized spacial score (nSPS) is 12.0. The highest BCUT2D eigenvalue weighted by atomic mass is 35.5. The molecule has 154 valence electrons. The molecule has 0 aliphatic heterocycles. The van der Waals surface area contributed by atoms with Gasteiger partial charge >= 0.3 is 0 Å². The van der Waals surface area contributed by atoms with Crippen LogP contribution >= 0.6 is 12.4 Å². The first-order chi connectivity index (χ1) is 12.9. The number of nitrogens with one attached hydrogen (secondary N) is 2. The van der Waals surface area contributed by atoms with Crippen LogP contribution < -0.4 is 15.8 Å². The second kappa shape index (κ2) is 11.0. The van der Waals surface area contributed by atoms with Gasteiger partial charge in [0.05, 0.1) is 10.6 Å². The summed E-state index contributed by atoms with van der Waals surface area (Å²) < 4.78 is 41.0. The summed E-state index contributed by atoms with van der Waals surface area (Å²) in [7, 11) is -4.03. The van der Waals surface area contributed by atoms with Crippen molar-refractivity contribution in [3.05, 3.63) is 59.9 Å². The first-order valence-electron chi connectivity index (χ1n) is 8.75. The maximum atomic E-state index is 13.7. The Morgan fingerprint density at radius 3 is 2.54 bits per heavy atom. The van der Waals surface area contributed by atoms with Crippen molar-refractivity contribution in [2.75, 3.05) is 11.3 Å². The molecular formula is C19H25ClFN3O3S. The fourth-order valence-corrected chi connectivity index (χ4v) is 3.63. The van der Waals surface area contributed by atoms with Gasteiger partial charge in [-0.3, -0.25) is 9.52 Å². The highest BCUT2D eigenvalue weighted by molar-refractivity contribution is 7.92. The lowest BCUT2D eigenvalue weighted by molar-refractivity contribution is 0.0935. The molecule has 1 atom stereocenters. The van der Waals surface area contributed by atoms with E-state index in [4.69, 9.17) is 5.73 Å². The molecule has 0 aliphatic carbocycles. The van der Waals surface area contributed by atoms with Crippen LogP contribution in [0.4, 0.5) is 10.1 Å². The van der Waals surface area contributed by atoms with E-state index >= 15 is 0 Å². The van der Waals surface area contributed by atoms with Gasteiger partial charge in [-0.05, 0) is 36.8 Å². The molecule has 0 aliphatic rings. The molecule has 0 fully saturated rings. The van der Waals surface area contributed by atoms with Crippen LogP contribution in [0.15, 0.2) is 53.4 Å². The van der Waals surface area contributed by atoms with Crippen molar-refractivity contribution in [2.24, 2.45) is 5.73 Å². The third-order valence-corrected chi connectivity index (χ3v) is 5.41. The Morgan fingerprint density at radius 2 is 1.89 bits per heavy atom. The fraction of sp³-hybridized carbons (Fsp3) is 0.316. The van der Waals surface area contributed by atoms with E-state index in [0.717, 1.165) is 25.3 Å². The molecule has 0 saturated heterocycles. The summed E-state index contributed by atoms with van der Waals surface area (Å²) in [6, 6.07) is 10.9. The van der Waals surface area contributed by atoms with E-state index in [1.54, 1.807) is 0 Å². The van der Waals surface area contributed by atoms with Crippen LogP contribution in [0.2, 0.25) is 0 Å². The van der Waals surface area contributed by atoms with Gasteiger partial charge in [0.15, 0.2) is 0 Å². The zero-order chi connectivity index (χ0) is 19.9. The van der Waals surface area contributed by atoms with Crippen LogP contribution in [0.1, 0.15) is 36.5 Å². The smallest absolute Gasteiger partial charge is 0.262 e. The van der Waals surface area contributed by atoms with Crippen molar-refractivity contribution >= 4 is 34.0 Å². The number of carbonyl (C=O) groups excluding carboxylic acids is 1. The minimum Gasteiger partial charge on any atom is -0.348 e. The topological polar surface area (TPSA) is 101 Å². The molecule has 28 heavy (non-hydrogen) atoms. The second-order valence-corrected chi connectivity index (χ2v) is 7.84. The lowest BCUT2D eigenvalue weighted by Crippen LogP contribution is -2.40. The minimum atomic E-state index is -4.03. The summed E-state index contributed by atoms with van der Waals surface area (Å²) in [6.45, 7) is 2.35. The highest BCUT2D eigenvalue weighted by Crippen LogP contribution is 2.19. The van der Waals surface area contributed by atoms with Crippen molar-refractivity contribution in [1.29, 1.82) is 0 Å². The summed E-state index contributed by atoms with van der Waals surface area (Å²) in [4.78, 5) is 12.3. The molecule has 2 rings (SSSR count). The van der Waals surface area contributed by atoms with Gasteiger partial charge in [-0.2, -0.15) is 0 Å². The Morgan fingerprint density at radius 1 is 1.18 bits per heavy atom. The number of hydrogen-bond donors (Lipinski definition) is 3. The molecule has 0 spiro atoms. The zero-order valence-electron chi connectivity index (χ0n) is 15.5. The SMILES string of the molecule is CCCCC(CN)NC(=O)c1cccc(S(=O)(=O)Nc2ccccc2F)c1.Cl. The van der Waals surface area contributed by atoms with E-state index in [-0.39, 0.29) is 34.6 Å². The fourth-order valence-electron chi connectivity index (χ4n) is 2.52. The van der Waals surface area contributed by atoms with E-state index in [0.29, 0.717) is 6.54 Å². The Kier molecular flexibility index (Phi) is 9.37. The lowest BCUT2D eigenvalue weighted by Gasteiger charge is -2.17. The molecule has 1 amide bonds. The number of amides is 1. The molecule has 4 N–H and O–H groups in total. The Balaban J connectivity index is 0.00000392. The van der Waals surface area contributed by atoms with Gasteiger partial charge in [-0.25, -0.2) is 12.8 Å². The maximum absolute atomic E-state index is 13.7. The summed E-state index contributed by atoms with van der Waals surface area (Å²) in [5.41, 5.74) is 5.72. The lowest BCUT2D eigenvalue weighted by atomic mass is 10.1. The van der Waals surface area contributed by atoms with E-state index in [1.807, 2.05) is 6.92 Å². The van der Waals surface area contributed by atoms with Gasteiger partial charge < -0.3 is 11.1 Å². The van der Waals surface area contributed by atoms with Crippen molar-refractivity contribution < 1.29 is 17.6 Å². The number of sulfonamides is 1. The number of hydrogen-bond acceptors (Lipinski definition) is 4. The Labute approximate surface area is 171 Å². The predicted molar refractivity (Wildman–Crippen MR) is 111 cm³/mol. The molecular weight excluding hydrogens is 405 g/mol. The number of nitrogens with two attached hydrogens (primary N) is 1. The third-order valence-electron chi connectivity index (χ3n) is 4.05. The summed E-state index contributed by atoms with van der Waals surface area (Å²) in [5.74, 6) is -1.08. The van der Waals surface area contributed by atoms with Crippen LogP contribution in [-0.4, -0.2) is 26.9 Å². The standard InChI is InChI=1S/C19H24FN3O3S.ClH/c1-2-3-8-15(13-21)22-19(24)14-7-6-9-16(12-14)27(25,26)23-18-11-5-4-10-17(18)20;/h4-7,9-12,15,23H,2-3,8,13,21H2,1H3,(H,22,24);1H. The number of carbonyl (C=O) groups is 1. The largest absolute Gasteiger partial charge is 0.348 e. The number of rotatable bonds is 9. The summed E-state index contributed by atoms with van der Waals surface area (Å²) >= 11 is 0. The zero-order valence-corrected chi connectivity index (χ0v) is 17.2. The predicted octanol–water partition coefficient (Wildman–Crippen LogP) is 3.30. The number of benzene rings is 2. The molecule has 0 radical (unpaired) electrons. The summed E-state index contributed by atoms with van der Waals surface area (Å²) in [5, 5.41) is 2.82. The number of anilines is 1. The van der Waals surface area contributed by atoms with Gasteiger partial charge in [0.25, 0.3) is 15.9 Å². The molecule has 6 nitrogen and oxygen atoms in total. The molecule has 1 unspecified atom stereocenters. The van der Waals surface area contributed by atoms with Crippen LogP contribution in [0, 0.1) is 5.82 Å². The van der Waals surface area contributed by atoms with E-state index in [9.17, 15) is 17.6 Å². The molecule has 2 aromatic rings. The average molecular weight is 430 g/mol. The first kappa shape index (κ1) is 23.9. The Hall–Kier alpha value is -2.16. The summed E-state index contributed by atoms with van der Waals surface area (Å²) in [6.07, 6.45) is 2.68. The van der Waals surface area contributed by atoms with Crippen LogP contribution in [0.3, 0.4) is 0 Å². The van der Waals surface area contributed by atoms with Gasteiger partial charge in [0.2, 0.25) is 0 Å². The minimum absolute atomic E-state index is 0. The quantitative estimate of drug-likeness (QED) is 0.569. The van der Waals surface area contributed by atoms with Gasteiger partial charge in [0, 0.05) is 18.2 Å². The monoisotopic (exact) mass is 429 g/mol. The number of unbranched alkanes of at least 4 members (excludes halogenated alkanes) is 1. The Bertz CT molecular complexity index is 893. The average Bonchev–Trinajstić information content (AvgIpc) is 2.66. The van der Waals surface area contributed by atoms with Crippen molar-refractivity contribution in [3.8, 4) is 0 Å². The van der Waals surface area contributed by atoms with E-state index in [2.05, 4.69) is 10.0 Å². The maximum Gasteiger partial charge on any atom is 0.262 e. The van der Waals surface area contributed by atoms with Gasteiger partial charge in [-0.1, -0.05) is 38.0 Å². The van der Waals surface area contributed by atoms with Crippen LogP contribution in [0.5, 0.6) is 0 Å². The molecule has 0 saturated carbocycles. The van der Waals surface area contributed by atoms with Gasteiger partial charge in [-0.15, -0.1) is 12.4 Å². The molecule has 0 aromatic heterocycles. The number of halogens is 2. The third kappa shape index (κ3) is 6.47. The second-order valence-electron chi connectivity index (χ2n) is 6.16.